The number of hydrogen-bond acceptors (Lipinski definition) is 8. The van der Waals surface area contributed by atoms with E-state index in [0.29, 0.717) is 11.6 Å². The predicted octanol–water partition coefficient (Wildman–Crippen LogP) is 1.96. The van der Waals surface area contributed by atoms with Gasteiger partial charge in [0.1, 0.15) is 23.5 Å². The maximum absolute atomic E-state index is 12.0. The number of hydrogen-bond donors (Lipinski definition) is 4. The number of nitrogens with zero attached hydrogens (tertiary/aromatic N) is 3. The number of methoxy groups -OCH3 is 1. The predicted molar refractivity (Wildman–Crippen MR) is 98.0 cm³/mol. The molecule has 0 saturated carbocycles. The Hall–Kier alpha value is -3.88. The lowest BCUT2D eigenvalue weighted by Crippen LogP contribution is -2.31. The van der Waals surface area contributed by atoms with Crippen molar-refractivity contribution in [2.75, 3.05) is 23.6 Å². The van der Waals surface area contributed by atoms with E-state index in [4.69, 9.17) is 10.5 Å². The average Bonchev–Trinajstić information content (AvgIpc) is 2.69. The summed E-state index contributed by atoms with van der Waals surface area (Å²) < 4.78 is 5.18. The first kappa shape index (κ1) is 17.0. The van der Waals surface area contributed by atoms with Gasteiger partial charge >= 0.3 is 0 Å². The topological polar surface area (TPSA) is 127 Å². The Kier molecular flexibility index (Phi) is 5.08. The van der Waals surface area contributed by atoms with Crippen molar-refractivity contribution in [3.05, 3.63) is 60.7 Å². The van der Waals surface area contributed by atoms with Crippen LogP contribution in [0, 0.1) is 0 Å². The van der Waals surface area contributed by atoms with Crippen molar-refractivity contribution in [1.82, 2.24) is 20.4 Å². The second kappa shape index (κ2) is 7.79. The van der Waals surface area contributed by atoms with Gasteiger partial charge in [-0.15, -0.1) is 0 Å². The summed E-state index contributed by atoms with van der Waals surface area (Å²) in [4.78, 5) is 24.1. The fraction of sp³-hybridized carbons (Fsp3) is 0.0588. The number of hydrazine groups is 1. The second-order valence-electron chi connectivity index (χ2n) is 5.14. The molecule has 9 nitrogen and oxygen atoms in total. The molecule has 0 bridgehead atoms. The smallest absolute Gasteiger partial charge is 0.288 e. The number of aromatic nitrogens is 3. The highest BCUT2D eigenvalue weighted by Gasteiger charge is 2.11. The van der Waals surface area contributed by atoms with Crippen molar-refractivity contribution < 1.29 is 9.53 Å². The van der Waals surface area contributed by atoms with Gasteiger partial charge in [-0.25, -0.2) is 9.97 Å². The van der Waals surface area contributed by atoms with Crippen LogP contribution in [-0.4, -0.2) is 28.0 Å². The van der Waals surface area contributed by atoms with E-state index in [0.717, 1.165) is 5.69 Å². The Labute approximate surface area is 149 Å². The summed E-state index contributed by atoms with van der Waals surface area (Å²) in [6.45, 7) is 0. The SMILES string of the molecule is COc1cccc(Nc2ncnc(NNC(=O)c3ccccn3)c2N)c1. The summed E-state index contributed by atoms with van der Waals surface area (Å²) in [6, 6.07) is 12.4. The molecule has 2 heterocycles. The maximum atomic E-state index is 12.0. The second-order valence-corrected chi connectivity index (χ2v) is 5.14. The van der Waals surface area contributed by atoms with Crippen molar-refractivity contribution in [2.45, 2.75) is 0 Å². The fourth-order valence-electron chi connectivity index (χ4n) is 2.11. The minimum absolute atomic E-state index is 0.247. The number of anilines is 4. The van der Waals surface area contributed by atoms with E-state index < -0.39 is 5.91 Å². The highest BCUT2D eigenvalue weighted by atomic mass is 16.5. The molecular formula is C17H17N7O2. The van der Waals surface area contributed by atoms with Crippen LogP contribution in [0.5, 0.6) is 5.75 Å². The third-order valence-electron chi connectivity index (χ3n) is 3.41. The molecule has 1 aromatic carbocycles. The highest BCUT2D eigenvalue weighted by molar-refractivity contribution is 5.93. The fourth-order valence-corrected chi connectivity index (χ4v) is 2.11. The molecule has 0 fully saturated rings. The number of pyridine rings is 1. The molecule has 3 aromatic rings. The standard InChI is InChI=1S/C17H17N7O2/c1-26-12-6-4-5-11(9-12)22-15-14(18)16(21-10-20-15)23-24-17(25)13-7-2-3-8-19-13/h2-10H,18H2,1H3,(H,24,25)(H2,20,21,22,23). The zero-order valence-corrected chi connectivity index (χ0v) is 13.9. The van der Waals surface area contributed by atoms with Crippen molar-refractivity contribution in [3.8, 4) is 5.75 Å². The molecule has 1 amide bonds. The number of amides is 1. The molecule has 0 saturated heterocycles. The first-order valence-corrected chi connectivity index (χ1v) is 7.66. The third kappa shape index (κ3) is 3.96. The number of nitrogen functional groups attached to an aromatic ring is 1. The van der Waals surface area contributed by atoms with E-state index in [1.165, 1.54) is 12.5 Å². The Morgan fingerprint density at radius 3 is 2.69 bits per heavy atom. The lowest BCUT2D eigenvalue weighted by molar-refractivity contribution is 0.0957. The van der Waals surface area contributed by atoms with E-state index in [9.17, 15) is 4.79 Å². The van der Waals surface area contributed by atoms with Gasteiger partial charge in [0, 0.05) is 18.0 Å². The van der Waals surface area contributed by atoms with E-state index >= 15 is 0 Å². The molecule has 5 N–H and O–H groups in total. The molecule has 0 aliphatic rings. The van der Waals surface area contributed by atoms with Crippen LogP contribution in [-0.2, 0) is 0 Å². The molecular weight excluding hydrogens is 334 g/mol. The van der Waals surface area contributed by atoms with Gasteiger partial charge < -0.3 is 15.8 Å². The zero-order valence-electron chi connectivity index (χ0n) is 13.9. The Bertz CT molecular complexity index is 903. The van der Waals surface area contributed by atoms with Crippen LogP contribution in [0.15, 0.2) is 55.0 Å². The monoisotopic (exact) mass is 351 g/mol. The highest BCUT2D eigenvalue weighted by Crippen LogP contribution is 2.26. The number of benzene rings is 1. The van der Waals surface area contributed by atoms with Crippen LogP contribution in [0.25, 0.3) is 0 Å². The molecule has 9 heteroatoms. The number of nitrogens with two attached hydrogens (primary N) is 1. The first-order chi connectivity index (χ1) is 12.7. The molecule has 0 aliphatic carbocycles. The number of rotatable bonds is 6. The summed E-state index contributed by atoms with van der Waals surface area (Å²) >= 11 is 0. The first-order valence-electron chi connectivity index (χ1n) is 7.66. The molecule has 3 rings (SSSR count). The van der Waals surface area contributed by atoms with Gasteiger partial charge in [-0.1, -0.05) is 12.1 Å². The van der Waals surface area contributed by atoms with Gasteiger partial charge in [-0.3, -0.25) is 20.6 Å². The summed E-state index contributed by atoms with van der Waals surface area (Å²) in [6.07, 6.45) is 2.86. The largest absolute Gasteiger partial charge is 0.497 e. The van der Waals surface area contributed by atoms with E-state index in [2.05, 4.69) is 31.1 Å². The number of carbonyl (C=O) groups excluding carboxylic acids is 1. The third-order valence-corrected chi connectivity index (χ3v) is 3.41. The van der Waals surface area contributed by atoms with Gasteiger partial charge in [0.15, 0.2) is 11.6 Å². The number of carbonyl (C=O) groups is 1. The van der Waals surface area contributed by atoms with Crippen LogP contribution >= 0.6 is 0 Å². The van der Waals surface area contributed by atoms with Gasteiger partial charge in [0.05, 0.1) is 7.11 Å². The summed E-state index contributed by atoms with van der Waals surface area (Å²) in [5, 5.41) is 3.09. The van der Waals surface area contributed by atoms with Gasteiger partial charge in [0.25, 0.3) is 5.91 Å². The molecule has 0 unspecified atom stereocenters. The van der Waals surface area contributed by atoms with Crippen LogP contribution in [0.4, 0.5) is 23.0 Å². The average molecular weight is 351 g/mol. The normalized spacial score (nSPS) is 10.0. The molecule has 0 atom stereocenters. The molecule has 26 heavy (non-hydrogen) atoms. The Balaban J connectivity index is 1.71. The van der Waals surface area contributed by atoms with Crippen molar-refractivity contribution in [3.63, 3.8) is 0 Å². The lowest BCUT2D eigenvalue weighted by atomic mass is 10.3. The van der Waals surface area contributed by atoms with Crippen LogP contribution < -0.4 is 26.6 Å². The van der Waals surface area contributed by atoms with Gasteiger partial charge in [-0.2, -0.15) is 0 Å². The van der Waals surface area contributed by atoms with E-state index in [-0.39, 0.29) is 17.2 Å². The minimum atomic E-state index is -0.411. The van der Waals surface area contributed by atoms with Crippen LogP contribution in [0.1, 0.15) is 10.5 Å². The molecule has 0 radical (unpaired) electrons. The van der Waals surface area contributed by atoms with Gasteiger partial charge in [0.2, 0.25) is 0 Å². The summed E-state index contributed by atoms with van der Waals surface area (Å²) in [7, 11) is 1.59. The maximum Gasteiger partial charge on any atom is 0.288 e. The number of ether oxygens (including phenoxy) is 1. The van der Waals surface area contributed by atoms with Crippen molar-refractivity contribution in [2.24, 2.45) is 0 Å². The van der Waals surface area contributed by atoms with Crippen molar-refractivity contribution in [1.29, 1.82) is 0 Å². The van der Waals surface area contributed by atoms with Gasteiger partial charge in [-0.05, 0) is 24.3 Å². The van der Waals surface area contributed by atoms with E-state index in [1.54, 1.807) is 31.4 Å². The summed E-state index contributed by atoms with van der Waals surface area (Å²) in [5.41, 5.74) is 12.5. The van der Waals surface area contributed by atoms with E-state index in [1.807, 2.05) is 18.2 Å². The quantitative estimate of drug-likeness (QED) is 0.496. The Morgan fingerprint density at radius 1 is 1.08 bits per heavy atom. The molecule has 0 spiro atoms. The van der Waals surface area contributed by atoms with Crippen LogP contribution in [0.3, 0.4) is 0 Å². The van der Waals surface area contributed by atoms with Crippen LogP contribution in [0.2, 0.25) is 0 Å². The Morgan fingerprint density at radius 2 is 1.92 bits per heavy atom. The lowest BCUT2D eigenvalue weighted by Gasteiger charge is -2.13. The molecule has 2 aromatic heterocycles. The minimum Gasteiger partial charge on any atom is -0.497 e. The summed E-state index contributed by atoms with van der Waals surface area (Å²) in [5.74, 6) is 0.937. The molecule has 132 valence electrons. The number of nitrogens with one attached hydrogen (secondary N) is 3. The molecule has 0 aliphatic heterocycles. The van der Waals surface area contributed by atoms with Crippen molar-refractivity contribution >= 4 is 28.9 Å². The zero-order chi connectivity index (χ0) is 18.4.